The minimum Gasteiger partial charge on any atom is -0.398 e. The van der Waals surface area contributed by atoms with Crippen molar-refractivity contribution in [3.05, 3.63) is 24.3 Å². The van der Waals surface area contributed by atoms with Crippen LogP contribution in [0.25, 0.3) is 11.4 Å². The predicted molar refractivity (Wildman–Crippen MR) is 67.3 cm³/mol. The molecule has 0 radical (unpaired) electrons. The van der Waals surface area contributed by atoms with Crippen LogP contribution in [-0.2, 0) is 0 Å². The van der Waals surface area contributed by atoms with Crippen LogP contribution in [-0.4, -0.2) is 20.2 Å². The van der Waals surface area contributed by atoms with Gasteiger partial charge in [0.25, 0.3) is 0 Å². The molecule has 0 bridgehead atoms. The Kier molecular flexibility index (Phi) is 3.37. The van der Waals surface area contributed by atoms with Crippen molar-refractivity contribution in [1.82, 2.24) is 20.2 Å². The summed E-state index contributed by atoms with van der Waals surface area (Å²) in [4.78, 5) is 0. The molecule has 5 nitrogen and oxygen atoms in total. The van der Waals surface area contributed by atoms with Gasteiger partial charge in [0.15, 0.2) is 5.82 Å². The molecule has 1 atom stereocenters. The van der Waals surface area contributed by atoms with Crippen LogP contribution < -0.4 is 5.73 Å². The molecule has 1 aromatic carbocycles. The van der Waals surface area contributed by atoms with Gasteiger partial charge >= 0.3 is 0 Å². The van der Waals surface area contributed by atoms with Gasteiger partial charge in [-0.1, -0.05) is 25.5 Å². The first-order valence-corrected chi connectivity index (χ1v) is 5.86. The van der Waals surface area contributed by atoms with Crippen molar-refractivity contribution in [2.24, 2.45) is 0 Å². The molecule has 0 fully saturated rings. The summed E-state index contributed by atoms with van der Waals surface area (Å²) in [5, 5.41) is 11.9. The number of rotatable bonds is 4. The second kappa shape index (κ2) is 4.95. The third-order valence-corrected chi connectivity index (χ3v) is 2.82. The normalized spacial score (nSPS) is 12.6. The molecule has 5 heteroatoms. The number of tetrazole rings is 1. The standard InChI is InChI=1S/C12H17N5/c1-3-6-9(2)17-12(14-15-16-17)10-7-4-5-8-11(10)13/h4-5,7-9H,3,6,13H2,1-2H3. The molecule has 0 aliphatic rings. The van der Waals surface area contributed by atoms with E-state index in [1.165, 1.54) is 0 Å². The summed E-state index contributed by atoms with van der Waals surface area (Å²) in [6, 6.07) is 7.93. The van der Waals surface area contributed by atoms with Crippen LogP contribution in [0.15, 0.2) is 24.3 Å². The Bertz CT molecular complexity index is 491. The molecule has 0 spiro atoms. The lowest BCUT2D eigenvalue weighted by Gasteiger charge is -2.12. The summed E-state index contributed by atoms with van der Waals surface area (Å²) in [5.41, 5.74) is 7.54. The molecule has 0 aliphatic carbocycles. The maximum Gasteiger partial charge on any atom is 0.184 e. The van der Waals surface area contributed by atoms with E-state index in [9.17, 15) is 0 Å². The highest BCUT2D eigenvalue weighted by Crippen LogP contribution is 2.25. The van der Waals surface area contributed by atoms with E-state index in [4.69, 9.17) is 5.73 Å². The Morgan fingerprint density at radius 3 is 2.82 bits per heavy atom. The van der Waals surface area contributed by atoms with Gasteiger partial charge in [-0.05, 0) is 35.9 Å². The van der Waals surface area contributed by atoms with Crippen molar-refractivity contribution < 1.29 is 0 Å². The summed E-state index contributed by atoms with van der Waals surface area (Å²) >= 11 is 0. The van der Waals surface area contributed by atoms with Crippen molar-refractivity contribution in [2.75, 3.05) is 5.73 Å². The SMILES string of the molecule is CCCC(C)n1nnnc1-c1ccccc1N. The molecule has 0 saturated heterocycles. The van der Waals surface area contributed by atoms with Crippen LogP contribution in [0.5, 0.6) is 0 Å². The van der Waals surface area contributed by atoms with E-state index in [0.29, 0.717) is 5.69 Å². The first kappa shape index (κ1) is 11.6. The number of aromatic nitrogens is 4. The predicted octanol–water partition coefficient (Wildman–Crippen LogP) is 2.28. The molecule has 1 heterocycles. The summed E-state index contributed by atoms with van der Waals surface area (Å²) < 4.78 is 1.84. The Balaban J connectivity index is 2.40. The minimum absolute atomic E-state index is 0.282. The average molecular weight is 231 g/mol. The van der Waals surface area contributed by atoms with Crippen LogP contribution in [0, 0.1) is 0 Å². The second-order valence-corrected chi connectivity index (χ2v) is 4.17. The first-order valence-electron chi connectivity index (χ1n) is 5.86. The molecule has 17 heavy (non-hydrogen) atoms. The van der Waals surface area contributed by atoms with Crippen LogP contribution >= 0.6 is 0 Å². The van der Waals surface area contributed by atoms with E-state index in [-0.39, 0.29) is 6.04 Å². The zero-order valence-corrected chi connectivity index (χ0v) is 10.2. The molecule has 90 valence electrons. The zero-order chi connectivity index (χ0) is 12.3. The van der Waals surface area contributed by atoms with E-state index in [0.717, 1.165) is 24.2 Å². The zero-order valence-electron chi connectivity index (χ0n) is 10.2. The van der Waals surface area contributed by atoms with Crippen LogP contribution in [0.4, 0.5) is 5.69 Å². The Morgan fingerprint density at radius 1 is 1.35 bits per heavy atom. The highest BCUT2D eigenvalue weighted by molar-refractivity contribution is 5.71. The van der Waals surface area contributed by atoms with Gasteiger partial charge in [-0.2, -0.15) is 0 Å². The second-order valence-electron chi connectivity index (χ2n) is 4.17. The van der Waals surface area contributed by atoms with E-state index in [1.54, 1.807) is 0 Å². The molecule has 1 aromatic heterocycles. The molecule has 0 amide bonds. The Hall–Kier alpha value is -1.91. The molecular weight excluding hydrogens is 214 g/mol. The maximum atomic E-state index is 5.95. The summed E-state index contributed by atoms with van der Waals surface area (Å²) in [7, 11) is 0. The number of nitrogens with two attached hydrogens (primary N) is 1. The number of nitrogen functional groups attached to an aromatic ring is 1. The van der Waals surface area contributed by atoms with Crippen molar-refractivity contribution in [2.45, 2.75) is 32.7 Å². The minimum atomic E-state index is 0.282. The van der Waals surface area contributed by atoms with E-state index in [2.05, 4.69) is 29.4 Å². The van der Waals surface area contributed by atoms with Gasteiger partial charge in [-0.15, -0.1) is 5.10 Å². The number of anilines is 1. The van der Waals surface area contributed by atoms with Crippen molar-refractivity contribution >= 4 is 5.69 Å². The third-order valence-electron chi connectivity index (χ3n) is 2.82. The fourth-order valence-electron chi connectivity index (χ4n) is 1.91. The van der Waals surface area contributed by atoms with Crippen LogP contribution in [0.2, 0.25) is 0 Å². The summed E-state index contributed by atoms with van der Waals surface area (Å²) in [5.74, 6) is 0.740. The molecule has 0 saturated carbocycles. The number of para-hydroxylation sites is 1. The van der Waals surface area contributed by atoms with Gasteiger partial charge in [0.2, 0.25) is 0 Å². The summed E-state index contributed by atoms with van der Waals surface area (Å²) in [6.45, 7) is 4.26. The third kappa shape index (κ3) is 2.27. The molecule has 1 unspecified atom stereocenters. The van der Waals surface area contributed by atoms with Crippen molar-refractivity contribution in [3.8, 4) is 11.4 Å². The molecule has 2 rings (SSSR count). The lowest BCUT2D eigenvalue weighted by molar-refractivity contribution is 0.447. The average Bonchev–Trinajstić information content (AvgIpc) is 2.79. The molecule has 2 aromatic rings. The molecule has 0 aliphatic heterocycles. The van der Waals surface area contributed by atoms with E-state index < -0.39 is 0 Å². The quantitative estimate of drug-likeness (QED) is 0.819. The van der Waals surface area contributed by atoms with Gasteiger partial charge < -0.3 is 5.73 Å². The fourth-order valence-corrected chi connectivity index (χ4v) is 1.91. The van der Waals surface area contributed by atoms with Crippen LogP contribution in [0.1, 0.15) is 32.7 Å². The monoisotopic (exact) mass is 231 g/mol. The van der Waals surface area contributed by atoms with Crippen molar-refractivity contribution in [3.63, 3.8) is 0 Å². The van der Waals surface area contributed by atoms with E-state index in [1.807, 2.05) is 28.9 Å². The summed E-state index contributed by atoms with van der Waals surface area (Å²) in [6.07, 6.45) is 2.15. The number of benzene rings is 1. The topological polar surface area (TPSA) is 69.6 Å². The van der Waals surface area contributed by atoms with Gasteiger partial charge in [0.1, 0.15) is 0 Å². The lowest BCUT2D eigenvalue weighted by Crippen LogP contribution is -2.09. The molecule has 2 N–H and O–H groups in total. The number of hydrogen-bond acceptors (Lipinski definition) is 4. The van der Waals surface area contributed by atoms with Crippen LogP contribution in [0.3, 0.4) is 0 Å². The highest BCUT2D eigenvalue weighted by atomic mass is 15.5. The highest BCUT2D eigenvalue weighted by Gasteiger charge is 2.15. The van der Waals surface area contributed by atoms with Gasteiger partial charge in [-0.25, -0.2) is 4.68 Å². The van der Waals surface area contributed by atoms with Gasteiger partial charge in [0.05, 0.1) is 6.04 Å². The molecular formula is C12H17N5. The van der Waals surface area contributed by atoms with Gasteiger partial charge in [-0.3, -0.25) is 0 Å². The fraction of sp³-hybridized carbons (Fsp3) is 0.417. The first-order chi connectivity index (χ1) is 8.24. The maximum absolute atomic E-state index is 5.95. The Morgan fingerprint density at radius 2 is 2.12 bits per heavy atom. The smallest absolute Gasteiger partial charge is 0.184 e. The number of nitrogens with zero attached hydrogens (tertiary/aromatic N) is 4. The van der Waals surface area contributed by atoms with E-state index >= 15 is 0 Å². The largest absolute Gasteiger partial charge is 0.398 e. The Labute approximate surface area is 101 Å². The lowest BCUT2D eigenvalue weighted by atomic mass is 10.1. The van der Waals surface area contributed by atoms with Gasteiger partial charge in [0, 0.05) is 11.3 Å². The van der Waals surface area contributed by atoms with Crippen molar-refractivity contribution in [1.29, 1.82) is 0 Å². The number of hydrogen-bond donors (Lipinski definition) is 1.